The van der Waals surface area contributed by atoms with Gasteiger partial charge >= 0.3 is 0 Å². The topological polar surface area (TPSA) is 6.48 Å². The maximum Gasteiger partial charge on any atom is 0.0102 e. The zero-order valence-electron chi connectivity index (χ0n) is 37.3. The molecule has 56 heavy (non-hydrogen) atoms. The molecule has 0 aromatic carbocycles. The summed E-state index contributed by atoms with van der Waals surface area (Å²) < 4.78 is 0. The Labute approximate surface area is 348 Å². The summed E-state index contributed by atoms with van der Waals surface area (Å²) in [6.07, 6.45) is 61.5. The molecular weight excluding hydrogens is 677 g/mol. The average Bonchev–Trinajstić information content (AvgIpc) is 3.25. The molecule has 6 unspecified atom stereocenters. The monoisotopic (exact) mass is 769 g/mol. The van der Waals surface area contributed by atoms with Crippen LogP contribution >= 0.6 is 0 Å². The Morgan fingerprint density at radius 2 is 0.571 bits per heavy atom. The van der Waals surface area contributed by atoms with Crippen LogP contribution in [0.2, 0.25) is 0 Å². The molecule has 0 heterocycles. The third-order valence-corrected chi connectivity index (χ3v) is 18.8. The molecule has 0 aromatic heterocycles. The first kappa shape index (κ1) is 42.1. The third kappa shape index (κ3) is 11.0. The van der Waals surface area contributed by atoms with Crippen molar-refractivity contribution in [2.24, 2.45) is 47.3 Å². The van der Waals surface area contributed by atoms with Crippen LogP contribution in [0, 0.1) is 47.3 Å². The fourth-order valence-electron chi connectivity index (χ4n) is 15.4. The predicted molar refractivity (Wildman–Crippen MR) is 241 cm³/mol. The van der Waals surface area contributed by atoms with Crippen molar-refractivity contribution in [3.63, 3.8) is 0 Å². The van der Waals surface area contributed by atoms with E-state index in [-0.39, 0.29) is 0 Å². The first-order chi connectivity index (χ1) is 27.6. The molecule has 0 N–H and O–H groups in total. The molecule has 318 valence electrons. The van der Waals surface area contributed by atoms with Crippen LogP contribution in [0.15, 0.2) is 24.3 Å². The molecule has 8 aliphatic rings. The summed E-state index contributed by atoms with van der Waals surface area (Å²) in [4.78, 5) is 6.33. The molecule has 8 aliphatic carbocycles. The van der Waals surface area contributed by atoms with Crippen LogP contribution in [0.1, 0.15) is 232 Å². The van der Waals surface area contributed by atoms with Gasteiger partial charge in [-0.15, -0.1) is 0 Å². The lowest BCUT2D eigenvalue weighted by molar-refractivity contribution is 0.0181. The Morgan fingerprint density at radius 3 is 0.857 bits per heavy atom. The van der Waals surface area contributed by atoms with Crippen molar-refractivity contribution in [2.75, 3.05) is 0 Å². The fourth-order valence-corrected chi connectivity index (χ4v) is 15.4. The number of hydrogen-bond acceptors (Lipinski definition) is 2. The molecule has 6 atom stereocenters. The first-order valence-electron chi connectivity index (χ1n) is 26.5. The lowest BCUT2D eigenvalue weighted by atomic mass is 9.64. The van der Waals surface area contributed by atoms with E-state index in [2.05, 4.69) is 48.0 Å². The summed E-state index contributed by atoms with van der Waals surface area (Å²) in [5, 5.41) is 0. The Hall–Kier alpha value is -0.600. The summed E-state index contributed by atoms with van der Waals surface area (Å²) >= 11 is 0. The standard InChI is InChI=1S/C54H92N2/c1-41-39-47(33-31-45(41)29-23-43-25-35-53(36-26-43)55(49-15-7-3-8-16-49)50-17-9-4-10-18-50)48-34-32-46(42(2)40-48)30-24-44-27-37-54(38-28-44)56(51-19-11-5-12-20-51)52-21-13-6-14-22-52/h23-24,29-30,41-54H,3-22,25-28,31-40H2,1-2H3. The van der Waals surface area contributed by atoms with Gasteiger partial charge in [0.25, 0.3) is 0 Å². The van der Waals surface area contributed by atoms with Crippen LogP contribution in [-0.4, -0.2) is 46.1 Å². The molecule has 8 saturated carbocycles. The van der Waals surface area contributed by atoms with Crippen LogP contribution in [-0.2, 0) is 0 Å². The highest BCUT2D eigenvalue weighted by molar-refractivity contribution is 5.03. The van der Waals surface area contributed by atoms with Crippen molar-refractivity contribution in [3.05, 3.63) is 24.3 Å². The van der Waals surface area contributed by atoms with Crippen molar-refractivity contribution >= 4 is 0 Å². The molecule has 0 spiro atoms. The quantitative estimate of drug-likeness (QED) is 0.193. The molecule has 0 saturated heterocycles. The molecule has 2 nitrogen and oxygen atoms in total. The highest BCUT2D eigenvalue weighted by atomic mass is 15.2. The molecule has 0 aromatic rings. The second-order valence-corrected chi connectivity index (χ2v) is 22.4. The van der Waals surface area contributed by atoms with Crippen LogP contribution in [0.25, 0.3) is 0 Å². The molecule has 0 amide bonds. The van der Waals surface area contributed by atoms with Gasteiger partial charge < -0.3 is 0 Å². The van der Waals surface area contributed by atoms with Crippen molar-refractivity contribution in [2.45, 2.75) is 268 Å². The van der Waals surface area contributed by atoms with Crippen LogP contribution in [0.3, 0.4) is 0 Å². The zero-order valence-corrected chi connectivity index (χ0v) is 37.3. The van der Waals surface area contributed by atoms with E-state index in [4.69, 9.17) is 0 Å². The van der Waals surface area contributed by atoms with Gasteiger partial charge in [-0.1, -0.05) is 115 Å². The van der Waals surface area contributed by atoms with E-state index >= 15 is 0 Å². The highest BCUT2D eigenvalue weighted by Gasteiger charge is 2.39. The van der Waals surface area contributed by atoms with Gasteiger partial charge in [-0.25, -0.2) is 0 Å². The van der Waals surface area contributed by atoms with Gasteiger partial charge in [-0.05, 0) is 189 Å². The summed E-state index contributed by atoms with van der Waals surface area (Å²) in [5.74, 6) is 7.14. The fraction of sp³-hybridized carbons (Fsp3) is 0.926. The van der Waals surface area contributed by atoms with Gasteiger partial charge in [-0.3, -0.25) is 9.80 Å². The number of nitrogens with zero attached hydrogens (tertiary/aromatic N) is 2. The highest BCUT2D eigenvalue weighted by Crippen LogP contribution is 2.47. The number of rotatable bonds is 11. The predicted octanol–water partition coefficient (Wildman–Crippen LogP) is 15.3. The molecule has 8 rings (SSSR count). The Kier molecular flexibility index (Phi) is 16.0. The Bertz CT molecular complexity index is 1040. The summed E-state index contributed by atoms with van der Waals surface area (Å²) in [7, 11) is 0. The molecular formula is C54H92N2. The minimum absolute atomic E-state index is 0.842. The molecule has 8 fully saturated rings. The summed E-state index contributed by atoms with van der Waals surface area (Å²) in [5.41, 5.74) is 0. The number of allylic oxidation sites excluding steroid dienone is 4. The maximum atomic E-state index is 3.17. The van der Waals surface area contributed by atoms with Crippen molar-refractivity contribution in [3.8, 4) is 0 Å². The van der Waals surface area contributed by atoms with Crippen molar-refractivity contribution in [1.29, 1.82) is 0 Å². The lowest BCUT2D eigenvalue weighted by Crippen LogP contribution is -2.51. The average molecular weight is 769 g/mol. The summed E-state index contributed by atoms with van der Waals surface area (Å²) in [6.45, 7) is 5.25. The van der Waals surface area contributed by atoms with E-state index in [1.165, 1.54) is 218 Å². The molecule has 0 bridgehead atoms. The minimum Gasteiger partial charge on any atom is -0.294 e. The minimum atomic E-state index is 0.842. The van der Waals surface area contributed by atoms with E-state index in [0.29, 0.717) is 0 Å². The molecule has 2 heteroatoms. The van der Waals surface area contributed by atoms with E-state index in [1.807, 2.05) is 0 Å². The molecule has 0 radical (unpaired) electrons. The van der Waals surface area contributed by atoms with Crippen LogP contribution in [0.5, 0.6) is 0 Å². The molecule has 0 aliphatic heterocycles. The Balaban J connectivity index is 0.752. The zero-order chi connectivity index (χ0) is 38.1. The number of hydrogen-bond donors (Lipinski definition) is 0. The van der Waals surface area contributed by atoms with Gasteiger partial charge in [0.2, 0.25) is 0 Å². The van der Waals surface area contributed by atoms with Crippen LogP contribution < -0.4 is 0 Å². The van der Waals surface area contributed by atoms with Crippen molar-refractivity contribution in [1.82, 2.24) is 9.80 Å². The second-order valence-electron chi connectivity index (χ2n) is 22.4. The van der Waals surface area contributed by atoms with E-state index in [0.717, 1.165) is 83.6 Å². The Morgan fingerprint density at radius 1 is 0.286 bits per heavy atom. The van der Waals surface area contributed by atoms with E-state index < -0.39 is 0 Å². The van der Waals surface area contributed by atoms with Gasteiger partial charge in [0.05, 0.1) is 0 Å². The van der Waals surface area contributed by atoms with Gasteiger partial charge in [0, 0.05) is 36.3 Å². The van der Waals surface area contributed by atoms with E-state index in [1.54, 1.807) is 0 Å². The van der Waals surface area contributed by atoms with Crippen LogP contribution in [0.4, 0.5) is 0 Å². The summed E-state index contributed by atoms with van der Waals surface area (Å²) in [6, 6.07) is 5.44. The smallest absolute Gasteiger partial charge is 0.0102 e. The van der Waals surface area contributed by atoms with Gasteiger partial charge in [0.15, 0.2) is 0 Å². The third-order valence-electron chi connectivity index (χ3n) is 18.8. The lowest BCUT2D eigenvalue weighted by Gasteiger charge is -2.48. The largest absolute Gasteiger partial charge is 0.294 e. The second kappa shape index (κ2) is 21.3. The first-order valence-corrected chi connectivity index (χ1v) is 26.5. The van der Waals surface area contributed by atoms with E-state index in [9.17, 15) is 0 Å². The van der Waals surface area contributed by atoms with Crippen molar-refractivity contribution < 1.29 is 0 Å². The normalized spacial score (nSPS) is 39.9. The SMILES string of the molecule is CC1CC(C2CCC(C=CC3CCC(N(C4CCCCC4)C4CCCCC4)CC3)C(C)C2)CCC1C=CC1CCC(N(C2CCCCC2)C2CCCCC2)CC1. The van der Waals surface area contributed by atoms with Gasteiger partial charge in [-0.2, -0.15) is 0 Å². The maximum absolute atomic E-state index is 3.17. The van der Waals surface area contributed by atoms with Gasteiger partial charge in [0.1, 0.15) is 0 Å².